The van der Waals surface area contributed by atoms with E-state index >= 15 is 0 Å². The molecule has 1 amide bonds. The van der Waals surface area contributed by atoms with E-state index in [9.17, 15) is 18.3 Å². The maximum atomic E-state index is 13.0. The summed E-state index contributed by atoms with van der Waals surface area (Å²) in [5.74, 6) is -1.24. The number of carbonyl (C=O) groups excluding carboxylic acids is 1. The molecule has 3 rings (SSSR count). The van der Waals surface area contributed by atoms with Crippen molar-refractivity contribution in [3.05, 3.63) is 59.6 Å². The Labute approximate surface area is 175 Å². The molecular weight excluding hydrogens is 412 g/mol. The van der Waals surface area contributed by atoms with Crippen molar-refractivity contribution in [1.82, 2.24) is 4.90 Å². The number of amides is 1. The van der Waals surface area contributed by atoms with Crippen LogP contribution in [-0.4, -0.2) is 55.3 Å². The number of likely N-dealkylation sites (tertiary alicyclic amines) is 1. The third-order valence-electron chi connectivity index (χ3n) is 5.28. The number of nitrogens with zero attached hydrogens (tertiary/aromatic N) is 1. The maximum Gasteiger partial charge on any atom is 0.252 e. The lowest BCUT2D eigenvalue weighted by molar-refractivity contribution is -0.140. The third kappa shape index (κ3) is 4.98. The van der Waals surface area contributed by atoms with Gasteiger partial charge >= 0.3 is 0 Å². The van der Waals surface area contributed by atoms with Crippen LogP contribution in [0.4, 0.5) is 0 Å². The Kier molecular flexibility index (Phi) is 6.63. The van der Waals surface area contributed by atoms with Crippen LogP contribution in [0.25, 0.3) is 10.8 Å². The molecule has 0 aliphatic carbocycles. The lowest BCUT2D eigenvalue weighted by Gasteiger charge is -2.31. The smallest absolute Gasteiger partial charge is 0.252 e. The highest BCUT2D eigenvalue weighted by Crippen LogP contribution is 2.29. The Morgan fingerprint density at radius 1 is 1.24 bits per heavy atom. The van der Waals surface area contributed by atoms with Gasteiger partial charge in [0.25, 0.3) is 5.91 Å². The normalized spacial score (nSPS) is 17.8. The second-order valence-corrected chi connectivity index (χ2v) is 10.0. The van der Waals surface area contributed by atoms with Crippen molar-refractivity contribution in [2.75, 3.05) is 18.8 Å². The fourth-order valence-electron chi connectivity index (χ4n) is 3.63. The predicted octanol–water partition coefficient (Wildman–Crippen LogP) is 2.45. The number of aliphatic hydroxyl groups is 1. The van der Waals surface area contributed by atoms with E-state index in [1.807, 2.05) is 6.07 Å². The average molecular weight is 437 g/mol. The number of rotatable bonds is 6. The van der Waals surface area contributed by atoms with E-state index < -0.39 is 32.9 Å². The topological polar surface area (TPSA) is 101 Å². The second kappa shape index (κ2) is 8.83. The van der Waals surface area contributed by atoms with Crippen LogP contribution in [0.2, 0.25) is 5.02 Å². The summed E-state index contributed by atoms with van der Waals surface area (Å²) in [7, 11) is -3.86. The number of fused-ring (bicyclic) bond motifs is 1. The van der Waals surface area contributed by atoms with Gasteiger partial charge in [0.1, 0.15) is 11.4 Å². The van der Waals surface area contributed by atoms with Crippen molar-refractivity contribution in [1.29, 1.82) is 0 Å². The Morgan fingerprint density at radius 2 is 1.86 bits per heavy atom. The average Bonchev–Trinajstić information content (AvgIpc) is 2.68. The van der Waals surface area contributed by atoms with Gasteiger partial charge in [-0.2, -0.15) is 0 Å². The number of carbonyl (C=O) groups is 1. The summed E-state index contributed by atoms with van der Waals surface area (Å²) in [6, 6.07) is 10.6. The van der Waals surface area contributed by atoms with Crippen molar-refractivity contribution in [2.24, 2.45) is 5.73 Å². The quantitative estimate of drug-likeness (QED) is 0.677. The number of sulfone groups is 1. The van der Waals surface area contributed by atoms with Gasteiger partial charge in [-0.3, -0.25) is 4.79 Å². The number of hydrogen-bond acceptors (Lipinski definition) is 5. The molecule has 1 aliphatic rings. The van der Waals surface area contributed by atoms with E-state index in [-0.39, 0.29) is 6.04 Å². The van der Waals surface area contributed by atoms with Crippen LogP contribution >= 0.6 is 11.6 Å². The molecule has 0 radical (unpaired) electrons. The van der Waals surface area contributed by atoms with Crippen LogP contribution in [-0.2, 0) is 14.6 Å². The number of halogens is 1. The van der Waals surface area contributed by atoms with Crippen LogP contribution in [0.3, 0.4) is 0 Å². The second-order valence-electron chi connectivity index (χ2n) is 7.42. The minimum Gasteiger partial charge on any atom is -0.382 e. The molecule has 8 heteroatoms. The summed E-state index contributed by atoms with van der Waals surface area (Å²) in [6.07, 6.45) is 0.989. The molecule has 2 aromatic rings. The van der Waals surface area contributed by atoms with E-state index in [2.05, 4.69) is 6.58 Å². The first-order valence-corrected chi connectivity index (χ1v) is 11.6. The van der Waals surface area contributed by atoms with Gasteiger partial charge in [-0.1, -0.05) is 35.9 Å². The zero-order valence-electron chi connectivity index (χ0n) is 16.0. The Hall–Kier alpha value is -1.93. The van der Waals surface area contributed by atoms with Crippen LogP contribution in [0.5, 0.6) is 0 Å². The Balaban J connectivity index is 1.78. The van der Waals surface area contributed by atoms with Gasteiger partial charge < -0.3 is 15.7 Å². The summed E-state index contributed by atoms with van der Waals surface area (Å²) >= 11 is 6.00. The minimum absolute atomic E-state index is 0.0351. The molecule has 0 bridgehead atoms. The molecule has 156 valence electrons. The zero-order valence-corrected chi connectivity index (χ0v) is 17.6. The van der Waals surface area contributed by atoms with Gasteiger partial charge in [-0.15, -0.1) is 6.58 Å². The number of aliphatic hydroxyl groups excluding tert-OH is 1. The molecule has 2 aromatic carbocycles. The first kappa shape index (κ1) is 21.8. The van der Waals surface area contributed by atoms with Gasteiger partial charge in [-0.05, 0) is 47.4 Å². The summed E-state index contributed by atoms with van der Waals surface area (Å²) in [5, 5.41) is 11.6. The molecule has 0 aromatic heterocycles. The number of nitrogens with two attached hydrogens (primary N) is 1. The number of hydrogen-bond donors (Lipinski definition) is 2. The molecule has 3 N–H and O–H groups in total. The lowest BCUT2D eigenvalue weighted by atomic mass is 10.0. The fourth-order valence-corrected chi connectivity index (χ4v) is 5.45. The van der Waals surface area contributed by atoms with Gasteiger partial charge in [0.15, 0.2) is 9.84 Å². The molecular formula is C21H25ClN2O4S. The highest BCUT2D eigenvalue weighted by molar-refractivity contribution is 7.91. The highest BCUT2D eigenvalue weighted by Gasteiger charge is 2.33. The summed E-state index contributed by atoms with van der Waals surface area (Å²) in [6.45, 7) is 4.51. The standard InChI is InChI=1S/C21H25ClN2O4S/c1-2-20(16-4-3-15-12-17(22)6-5-14(15)11-16)29(27,28)13-19(25)21(26)24-9-7-18(23)8-10-24/h2-6,11-12,18-20,25H,1,7-10,13,23H2/t19-,20?/m1/s1. The van der Waals surface area contributed by atoms with Gasteiger partial charge in [0.2, 0.25) is 0 Å². The Morgan fingerprint density at radius 3 is 2.52 bits per heavy atom. The first-order chi connectivity index (χ1) is 13.7. The first-order valence-electron chi connectivity index (χ1n) is 9.47. The van der Waals surface area contributed by atoms with Crippen LogP contribution in [0, 0.1) is 0 Å². The van der Waals surface area contributed by atoms with E-state index in [0.717, 1.165) is 10.8 Å². The molecule has 6 nitrogen and oxygen atoms in total. The van der Waals surface area contributed by atoms with Crippen molar-refractivity contribution in [2.45, 2.75) is 30.2 Å². The molecule has 0 spiro atoms. The van der Waals surface area contributed by atoms with Crippen LogP contribution in [0.15, 0.2) is 49.1 Å². The highest BCUT2D eigenvalue weighted by atomic mass is 35.5. The Bertz CT molecular complexity index is 1020. The monoisotopic (exact) mass is 436 g/mol. The van der Waals surface area contributed by atoms with E-state index in [1.54, 1.807) is 30.3 Å². The summed E-state index contributed by atoms with van der Waals surface area (Å²) < 4.78 is 25.9. The number of piperidine rings is 1. The maximum absolute atomic E-state index is 13.0. The molecule has 1 unspecified atom stereocenters. The van der Waals surface area contributed by atoms with Gasteiger partial charge in [-0.25, -0.2) is 8.42 Å². The van der Waals surface area contributed by atoms with Crippen LogP contribution < -0.4 is 5.73 Å². The summed E-state index contributed by atoms with van der Waals surface area (Å²) in [4.78, 5) is 13.9. The van der Waals surface area contributed by atoms with Crippen molar-refractivity contribution < 1.29 is 18.3 Å². The fraction of sp³-hybridized carbons (Fsp3) is 0.381. The van der Waals surface area contributed by atoms with Crippen molar-refractivity contribution in [3.8, 4) is 0 Å². The predicted molar refractivity (Wildman–Crippen MR) is 115 cm³/mol. The molecule has 0 saturated carbocycles. The SMILES string of the molecule is C=CC(c1ccc2cc(Cl)ccc2c1)S(=O)(=O)C[C@@H](O)C(=O)N1CCC(N)CC1. The molecule has 29 heavy (non-hydrogen) atoms. The molecule has 1 aliphatic heterocycles. The molecule has 1 heterocycles. The minimum atomic E-state index is -3.86. The third-order valence-corrected chi connectivity index (χ3v) is 7.54. The molecule has 1 fully saturated rings. The molecule has 2 atom stereocenters. The van der Waals surface area contributed by atoms with E-state index in [4.69, 9.17) is 17.3 Å². The zero-order chi connectivity index (χ0) is 21.2. The van der Waals surface area contributed by atoms with Gasteiger partial charge in [0, 0.05) is 24.2 Å². The van der Waals surface area contributed by atoms with Crippen LogP contribution in [0.1, 0.15) is 23.7 Å². The van der Waals surface area contributed by atoms with Crippen molar-refractivity contribution >= 4 is 38.1 Å². The molecule has 1 saturated heterocycles. The summed E-state index contributed by atoms with van der Waals surface area (Å²) in [5.41, 5.74) is 6.36. The van der Waals surface area contributed by atoms with Crippen molar-refractivity contribution in [3.63, 3.8) is 0 Å². The lowest BCUT2D eigenvalue weighted by Crippen LogP contribution is -2.48. The van der Waals surface area contributed by atoms with E-state index in [0.29, 0.717) is 36.5 Å². The van der Waals surface area contributed by atoms with Gasteiger partial charge in [0.05, 0.1) is 5.75 Å². The largest absolute Gasteiger partial charge is 0.382 e. The number of benzene rings is 2. The van der Waals surface area contributed by atoms with E-state index in [1.165, 1.54) is 11.0 Å².